The minimum atomic E-state index is 0.0333. The Hall–Kier alpha value is -6.85. The lowest BCUT2D eigenvalue weighted by Gasteiger charge is -2.44. The van der Waals surface area contributed by atoms with Gasteiger partial charge in [-0.05, 0) is 105 Å². The van der Waals surface area contributed by atoms with Crippen molar-refractivity contribution in [3.8, 4) is 51.0 Å². The lowest BCUT2D eigenvalue weighted by molar-refractivity contribution is 0.125. The predicted molar refractivity (Wildman–Crippen MR) is 245 cm³/mol. The first-order chi connectivity index (χ1) is 28.5. The molecule has 10 aromatic rings. The Labute approximate surface area is 344 Å². The van der Waals surface area contributed by atoms with Crippen LogP contribution >= 0.6 is 0 Å². The highest BCUT2D eigenvalue weighted by Crippen LogP contribution is 2.62. The standard InChI is InChI=1S/C54H45N5/c1-52(2)43-31-40-39-28-35(22-25-45(39)55-46(40)32-44(43)53(3,4)54(52,5)6)36-23-26-47-41(29-36)42-30-37(24-27-48(42)59(47)38-20-14-9-15-21-38)51-57-49(33-16-10-7-11-17-33)56-50(58-51)34-18-12-8-13-19-34/h7-32,55H,1-6H3. The topological polar surface area (TPSA) is 59.4 Å². The fourth-order valence-electron chi connectivity index (χ4n) is 9.75. The Morgan fingerprint density at radius 2 is 0.831 bits per heavy atom. The van der Waals surface area contributed by atoms with Crippen LogP contribution < -0.4 is 0 Å². The highest BCUT2D eigenvalue weighted by molar-refractivity contribution is 6.13. The van der Waals surface area contributed by atoms with Gasteiger partial charge in [0.25, 0.3) is 0 Å². The van der Waals surface area contributed by atoms with Crippen molar-refractivity contribution in [3.63, 3.8) is 0 Å². The molecule has 0 bridgehead atoms. The van der Waals surface area contributed by atoms with Crippen molar-refractivity contribution in [1.29, 1.82) is 0 Å². The second-order valence-corrected chi connectivity index (χ2v) is 17.9. The average Bonchev–Trinajstić information content (AvgIpc) is 3.83. The molecule has 0 amide bonds. The highest BCUT2D eigenvalue weighted by Gasteiger charge is 2.56. The van der Waals surface area contributed by atoms with E-state index in [1.165, 1.54) is 43.9 Å². The SMILES string of the molecule is CC1(C)c2cc3[nH]c4ccc(-c5ccc6c(c5)c5cc(-c7nc(-c8ccccc8)nc(-c8ccccc8)n7)ccc5n6-c5ccccc5)cc4c3cc2C(C)(C)C1(C)C. The summed E-state index contributed by atoms with van der Waals surface area (Å²) in [4.78, 5) is 18.9. The van der Waals surface area contributed by atoms with Crippen molar-refractivity contribution in [2.24, 2.45) is 5.41 Å². The Morgan fingerprint density at radius 3 is 1.41 bits per heavy atom. The second-order valence-electron chi connectivity index (χ2n) is 17.9. The number of aromatic amines is 1. The van der Waals surface area contributed by atoms with Crippen molar-refractivity contribution in [2.75, 3.05) is 0 Å². The van der Waals surface area contributed by atoms with Gasteiger partial charge in [-0.15, -0.1) is 0 Å². The zero-order valence-corrected chi connectivity index (χ0v) is 34.3. The van der Waals surface area contributed by atoms with Gasteiger partial charge in [-0.25, -0.2) is 15.0 Å². The summed E-state index contributed by atoms with van der Waals surface area (Å²) in [6.45, 7) is 14.5. The zero-order valence-electron chi connectivity index (χ0n) is 34.3. The van der Waals surface area contributed by atoms with E-state index in [4.69, 9.17) is 15.0 Å². The van der Waals surface area contributed by atoms with Gasteiger partial charge < -0.3 is 9.55 Å². The third-order valence-corrected chi connectivity index (χ3v) is 14.3. The van der Waals surface area contributed by atoms with E-state index in [0.29, 0.717) is 17.5 Å². The summed E-state index contributed by atoms with van der Waals surface area (Å²) in [5.41, 5.74) is 14.1. The number of hydrogen-bond acceptors (Lipinski definition) is 3. The Morgan fingerprint density at radius 1 is 0.390 bits per heavy atom. The minimum Gasteiger partial charge on any atom is -0.355 e. The number of benzene rings is 7. The summed E-state index contributed by atoms with van der Waals surface area (Å²) in [5, 5.41) is 4.86. The average molecular weight is 764 g/mol. The number of para-hydroxylation sites is 1. The molecular weight excluding hydrogens is 719 g/mol. The Bertz CT molecular complexity index is 3220. The summed E-state index contributed by atoms with van der Waals surface area (Å²) in [6.07, 6.45) is 0. The highest BCUT2D eigenvalue weighted by atomic mass is 15.0. The van der Waals surface area contributed by atoms with Gasteiger partial charge in [-0.3, -0.25) is 0 Å². The molecule has 59 heavy (non-hydrogen) atoms. The van der Waals surface area contributed by atoms with E-state index in [-0.39, 0.29) is 16.2 Å². The number of rotatable bonds is 5. The second kappa shape index (κ2) is 12.6. The van der Waals surface area contributed by atoms with Crippen LogP contribution in [0.5, 0.6) is 0 Å². The van der Waals surface area contributed by atoms with Gasteiger partial charge in [0.05, 0.1) is 11.0 Å². The molecule has 7 aromatic carbocycles. The van der Waals surface area contributed by atoms with Crippen LogP contribution in [0.1, 0.15) is 52.7 Å². The smallest absolute Gasteiger partial charge is 0.164 e. The van der Waals surface area contributed by atoms with E-state index in [2.05, 4.69) is 172 Å². The van der Waals surface area contributed by atoms with Crippen LogP contribution in [0.4, 0.5) is 0 Å². The van der Waals surface area contributed by atoms with Gasteiger partial charge >= 0.3 is 0 Å². The van der Waals surface area contributed by atoms with E-state index in [9.17, 15) is 0 Å². The van der Waals surface area contributed by atoms with E-state index in [1.807, 2.05) is 36.4 Å². The maximum Gasteiger partial charge on any atom is 0.164 e. The van der Waals surface area contributed by atoms with Crippen LogP contribution in [0.25, 0.3) is 94.6 Å². The molecule has 1 N–H and O–H groups in total. The zero-order chi connectivity index (χ0) is 40.3. The van der Waals surface area contributed by atoms with Crippen molar-refractivity contribution in [3.05, 3.63) is 169 Å². The first-order valence-electron chi connectivity index (χ1n) is 20.6. The van der Waals surface area contributed by atoms with Crippen molar-refractivity contribution >= 4 is 43.6 Å². The number of nitrogens with one attached hydrogen (secondary N) is 1. The third-order valence-electron chi connectivity index (χ3n) is 14.3. The van der Waals surface area contributed by atoms with Crippen LogP contribution in [-0.4, -0.2) is 24.5 Å². The summed E-state index contributed by atoms with van der Waals surface area (Å²) >= 11 is 0. The molecule has 0 fully saturated rings. The van der Waals surface area contributed by atoms with Crippen LogP contribution in [0, 0.1) is 5.41 Å². The molecule has 3 heterocycles. The first-order valence-corrected chi connectivity index (χ1v) is 20.6. The monoisotopic (exact) mass is 763 g/mol. The van der Waals surface area contributed by atoms with Crippen LogP contribution in [0.15, 0.2) is 158 Å². The van der Waals surface area contributed by atoms with Gasteiger partial charge in [0.15, 0.2) is 17.5 Å². The predicted octanol–water partition coefficient (Wildman–Crippen LogP) is 13.9. The van der Waals surface area contributed by atoms with Gasteiger partial charge in [0, 0.05) is 55.0 Å². The molecule has 1 aliphatic rings. The largest absolute Gasteiger partial charge is 0.355 e. The van der Waals surface area contributed by atoms with Crippen molar-refractivity contribution in [2.45, 2.75) is 52.4 Å². The summed E-state index contributed by atoms with van der Waals surface area (Å²) < 4.78 is 2.37. The molecule has 3 aromatic heterocycles. The quantitative estimate of drug-likeness (QED) is 0.190. The summed E-state index contributed by atoms with van der Waals surface area (Å²) in [7, 11) is 0. The number of aromatic nitrogens is 5. The molecule has 0 unspecified atom stereocenters. The maximum absolute atomic E-state index is 5.08. The number of nitrogens with zero attached hydrogens (tertiary/aromatic N) is 4. The molecule has 5 nitrogen and oxygen atoms in total. The van der Waals surface area contributed by atoms with Gasteiger partial charge in [0.1, 0.15) is 0 Å². The van der Waals surface area contributed by atoms with E-state index in [1.54, 1.807) is 0 Å². The Balaban J connectivity index is 1.10. The van der Waals surface area contributed by atoms with Gasteiger partial charge in [-0.1, -0.05) is 133 Å². The van der Waals surface area contributed by atoms with E-state index in [0.717, 1.165) is 44.3 Å². The van der Waals surface area contributed by atoms with Crippen LogP contribution in [-0.2, 0) is 10.8 Å². The summed E-state index contributed by atoms with van der Waals surface area (Å²) in [6, 6.07) is 56.3. The molecule has 5 heteroatoms. The molecule has 0 saturated heterocycles. The lowest BCUT2D eigenvalue weighted by Crippen LogP contribution is -2.42. The third kappa shape index (κ3) is 5.20. The van der Waals surface area contributed by atoms with E-state index >= 15 is 0 Å². The molecule has 0 saturated carbocycles. The molecule has 1 aliphatic carbocycles. The molecule has 0 aliphatic heterocycles. The first kappa shape index (κ1) is 35.3. The van der Waals surface area contributed by atoms with Crippen molar-refractivity contribution < 1.29 is 0 Å². The molecule has 0 atom stereocenters. The van der Waals surface area contributed by atoms with Crippen LogP contribution in [0.3, 0.4) is 0 Å². The minimum absolute atomic E-state index is 0.0333. The molecular formula is C54H45N5. The summed E-state index contributed by atoms with van der Waals surface area (Å²) in [5.74, 6) is 1.94. The van der Waals surface area contributed by atoms with Crippen molar-refractivity contribution in [1.82, 2.24) is 24.5 Å². The molecule has 0 radical (unpaired) electrons. The van der Waals surface area contributed by atoms with E-state index < -0.39 is 0 Å². The molecule has 11 rings (SSSR count). The van der Waals surface area contributed by atoms with Gasteiger partial charge in [-0.2, -0.15) is 0 Å². The Kier molecular flexibility index (Phi) is 7.53. The lowest BCUT2D eigenvalue weighted by atomic mass is 9.59. The number of H-pyrrole nitrogens is 1. The maximum atomic E-state index is 5.08. The number of fused-ring (bicyclic) bond motifs is 7. The van der Waals surface area contributed by atoms with Crippen LogP contribution in [0.2, 0.25) is 0 Å². The normalized spacial score (nSPS) is 15.4. The molecule has 0 spiro atoms. The molecule has 286 valence electrons. The number of hydrogen-bond donors (Lipinski definition) is 1. The fourth-order valence-corrected chi connectivity index (χ4v) is 9.75. The fraction of sp³-hybridized carbons (Fsp3) is 0.167. The van der Waals surface area contributed by atoms with Gasteiger partial charge in [0.2, 0.25) is 0 Å².